The van der Waals surface area contributed by atoms with Crippen LogP contribution in [0.3, 0.4) is 0 Å². The molecule has 0 aliphatic carbocycles. The molecule has 0 radical (unpaired) electrons. The summed E-state index contributed by atoms with van der Waals surface area (Å²) in [5, 5.41) is 17.8. The van der Waals surface area contributed by atoms with Crippen molar-refractivity contribution in [1.82, 2.24) is 29.3 Å². The first-order valence-electron chi connectivity index (χ1n) is 13.5. The first kappa shape index (κ1) is 31.5. The molecule has 1 saturated heterocycles. The number of halogens is 3. The molecular formula is C27H36F3N7O4S. The number of rotatable bonds is 9. The second-order valence-electron chi connectivity index (χ2n) is 11.9. The Labute approximate surface area is 242 Å². The standard InChI is InChI=1S/C27H36F3N7O4S/c1-17-13-25(3,4)36(14-17)23-20(24(39)34-42(40,41)21-15-35(6)32-18(21)2)7-8-22(31-23)37-12-10-19(33-37)9-11-26(5,16-38)27(28,29)30/h7-8,10,12,15,17,38H,9,11,13-14,16H2,1-6H3,(H,34,39)/t17-,26?/m0/s1. The van der Waals surface area contributed by atoms with E-state index in [0.717, 1.165) is 13.3 Å². The van der Waals surface area contributed by atoms with E-state index in [1.807, 2.05) is 18.7 Å². The molecule has 4 rings (SSSR count). The van der Waals surface area contributed by atoms with E-state index in [1.54, 1.807) is 19.3 Å². The lowest BCUT2D eigenvalue weighted by Gasteiger charge is -2.34. The van der Waals surface area contributed by atoms with E-state index < -0.39 is 39.7 Å². The van der Waals surface area contributed by atoms with Crippen molar-refractivity contribution < 1.29 is 31.5 Å². The van der Waals surface area contributed by atoms with Crippen molar-refractivity contribution in [1.29, 1.82) is 0 Å². The molecular weight excluding hydrogens is 575 g/mol. The molecule has 1 unspecified atom stereocenters. The Balaban J connectivity index is 1.68. The van der Waals surface area contributed by atoms with Crippen LogP contribution in [0.1, 0.15) is 62.3 Å². The second kappa shape index (κ2) is 11.0. The van der Waals surface area contributed by atoms with Crippen LogP contribution in [0.5, 0.6) is 0 Å². The van der Waals surface area contributed by atoms with Crippen LogP contribution in [0.2, 0.25) is 0 Å². The van der Waals surface area contributed by atoms with Gasteiger partial charge in [-0.25, -0.2) is 22.8 Å². The summed E-state index contributed by atoms with van der Waals surface area (Å²) < 4.78 is 71.2. The summed E-state index contributed by atoms with van der Waals surface area (Å²) in [4.78, 5) is 20.0. The quantitative estimate of drug-likeness (QED) is 0.375. The zero-order chi connectivity index (χ0) is 31.3. The molecule has 0 saturated carbocycles. The van der Waals surface area contributed by atoms with Gasteiger partial charge in [0.15, 0.2) is 5.82 Å². The summed E-state index contributed by atoms with van der Waals surface area (Å²) in [5.74, 6) is -0.0255. The Kier molecular flexibility index (Phi) is 8.23. The van der Waals surface area contributed by atoms with E-state index in [-0.39, 0.29) is 40.7 Å². The number of anilines is 1. The lowest BCUT2D eigenvalue weighted by atomic mass is 9.85. The number of aliphatic hydroxyl groups is 1. The third-order valence-corrected chi connectivity index (χ3v) is 9.20. The third-order valence-electron chi connectivity index (χ3n) is 7.76. The van der Waals surface area contributed by atoms with Gasteiger partial charge in [-0.15, -0.1) is 0 Å². The molecule has 1 fully saturated rings. The van der Waals surface area contributed by atoms with E-state index in [1.165, 1.54) is 34.6 Å². The van der Waals surface area contributed by atoms with Gasteiger partial charge in [0, 0.05) is 31.5 Å². The van der Waals surface area contributed by atoms with Crippen molar-refractivity contribution in [2.45, 2.75) is 70.5 Å². The molecule has 3 aromatic rings. The van der Waals surface area contributed by atoms with Crippen molar-refractivity contribution in [3.05, 3.63) is 47.5 Å². The van der Waals surface area contributed by atoms with Crippen LogP contribution in [-0.2, 0) is 23.5 Å². The Morgan fingerprint density at radius 3 is 2.45 bits per heavy atom. The van der Waals surface area contributed by atoms with Crippen LogP contribution in [0, 0.1) is 18.3 Å². The summed E-state index contributed by atoms with van der Waals surface area (Å²) in [6.07, 6.45) is -1.28. The number of nitrogens with one attached hydrogen (secondary N) is 1. The van der Waals surface area contributed by atoms with Crippen LogP contribution in [0.15, 0.2) is 35.5 Å². The summed E-state index contributed by atoms with van der Waals surface area (Å²) >= 11 is 0. The van der Waals surface area contributed by atoms with Gasteiger partial charge in [0.1, 0.15) is 10.7 Å². The summed E-state index contributed by atoms with van der Waals surface area (Å²) in [6.45, 7) is 8.12. The molecule has 1 amide bonds. The number of aromatic nitrogens is 5. The molecule has 15 heteroatoms. The van der Waals surface area contributed by atoms with Gasteiger partial charge in [0.05, 0.1) is 29.0 Å². The Morgan fingerprint density at radius 1 is 1.21 bits per heavy atom. The number of hydrogen-bond donors (Lipinski definition) is 2. The molecule has 4 heterocycles. The van der Waals surface area contributed by atoms with Gasteiger partial charge in [-0.05, 0) is 71.1 Å². The maximum Gasteiger partial charge on any atom is 0.396 e. The lowest BCUT2D eigenvalue weighted by Crippen LogP contribution is -2.41. The second-order valence-corrected chi connectivity index (χ2v) is 13.6. The van der Waals surface area contributed by atoms with Gasteiger partial charge >= 0.3 is 6.18 Å². The number of carbonyl (C=O) groups excluding carboxylic acids is 1. The highest BCUT2D eigenvalue weighted by Crippen LogP contribution is 2.41. The van der Waals surface area contributed by atoms with E-state index in [4.69, 9.17) is 4.98 Å². The number of hydrogen-bond acceptors (Lipinski definition) is 8. The largest absolute Gasteiger partial charge is 0.396 e. The molecule has 0 spiro atoms. The van der Waals surface area contributed by atoms with Gasteiger partial charge in [-0.3, -0.25) is 9.48 Å². The van der Waals surface area contributed by atoms with Crippen LogP contribution < -0.4 is 9.62 Å². The fourth-order valence-corrected chi connectivity index (χ4v) is 6.50. The van der Waals surface area contributed by atoms with Gasteiger partial charge in [-0.2, -0.15) is 23.4 Å². The summed E-state index contributed by atoms with van der Waals surface area (Å²) in [6, 6.07) is 4.53. The summed E-state index contributed by atoms with van der Waals surface area (Å²) in [7, 11) is -2.66. The molecule has 2 N–H and O–H groups in total. The first-order chi connectivity index (χ1) is 19.4. The number of pyridine rings is 1. The minimum atomic E-state index is -4.57. The van der Waals surface area contributed by atoms with Crippen molar-refractivity contribution >= 4 is 21.7 Å². The van der Waals surface area contributed by atoms with Crippen LogP contribution in [-0.4, -0.2) is 68.8 Å². The number of aryl methyl sites for hydroxylation is 3. The number of alkyl halides is 3. The molecule has 230 valence electrons. The third kappa shape index (κ3) is 6.16. The van der Waals surface area contributed by atoms with E-state index in [0.29, 0.717) is 18.1 Å². The minimum Gasteiger partial charge on any atom is -0.395 e. The summed E-state index contributed by atoms with van der Waals surface area (Å²) in [5.41, 5.74) is -2.01. The van der Waals surface area contributed by atoms with E-state index >= 15 is 0 Å². The molecule has 0 bridgehead atoms. The predicted molar refractivity (Wildman–Crippen MR) is 149 cm³/mol. The first-order valence-corrected chi connectivity index (χ1v) is 14.9. The molecule has 1 aliphatic heterocycles. The number of carbonyl (C=O) groups is 1. The number of aliphatic hydroxyl groups excluding tert-OH is 1. The normalized spacial score (nSPS) is 18.7. The monoisotopic (exact) mass is 611 g/mol. The molecule has 0 aromatic carbocycles. The van der Waals surface area contributed by atoms with Gasteiger partial charge in [0.2, 0.25) is 0 Å². The van der Waals surface area contributed by atoms with Crippen LogP contribution >= 0.6 is 0 Å². The molecule has 2 atom stereocenters. The van der Waals surface area contributed by atoms with Crippen molar-refractivity contribution in [3.8, 4) is 5.82 Å². The number of amides is 1. The van der Waals surface area contributed by atoms with E-state index in [9.17, 15) is 31.5 Å². The average Bonchev–Trinajstić information content (AvgIpc) is 3.57. The predicted octanol–water partition coefficient (Wildman–Crippen LogP) is 3.55. The van der Waals surface area contributed by atoms with Crippen molar-refractivity contribution in [3.63, 3.8) is 0 Å². The lowest BCUT2D eigenvalue weighted by molar-refractivity contribution is -0.231. The van der Waals surface area contributed by atoms with Crippen molar-refractivity contribution in [2.24, 2.45) is 18.4 Å². The van der Waals surface area contributed by atoms with E-state index in [2.05, 4.69) is 21.8 Å². The van der Waals surface area contributed by atoms with Gasteiger partial charge in [-0.1, -0.05) is 6.92 Å². The molecule has 1 aliphatic rings. The van der Waals surface area contributed by atoms with Crippen LogP contribution in [0.25, 0.3) is 5.82 Å². The number of nitrogens with zero attached hydrogens (tertiary/aromatic N) is 6. The zero-order valence-electron chi connectivity index (χ0n) is 24.4. The molecule has 11 nitrogen and oxygen atoms in total. The molecule has 3 aromatic heterocycles. The highest BCUT2D eigenvalue weighted by Gasteiger charge is 2.50. The average molecular weight is 612 g/mol. The topological polar surface area (TPSA) is 135 Å². The fourth-order valence-electron chi connectivity index (χ4n) is 5.32. The van der Waals surface area contributed by atoms with Crippen molar-refractivity contribution in [2.75, 3.05) is 18.1 Å². The van der Waals surface area contributed by atoms with Gasteiger partial charge < -0.3 is 10.0 Å². The highest BCUT2D eigenvalue weighted by atomic mass is 32.2. The SMILES string of the molecule is Cc1nn(C)cc1S(=O)(=O)NC(=O)c1ccc(-n2ccc(CCC(C)(CO)C(F)(F)F)n2)nc1N1C[C@@H](C)CC1(C)C. The zero-order valence-corrected chi connectivity index (χ0v) is 25.2. The maximum absolute atomic E-state index is 13.4. The minimum absolute atomic E-state index is 0.0286. The van der Waals surface area contributed by atoms with Gasteiger partial charge in [0.25, 0.3) is 15.9 Å². The smallest absolute Gasteiger partial charge is 0.395 e. The number of sulfonamides is 1. The van der Waals surface area contributed by atoms with Crippen LogP contribution in [0.4, 0.5) is 19.0 Å². The highest BCUT2D eigenvalue weighted by molar-refractivity contribution is 7.90. The fraction of sp³-hybridized carbons (Fsp3) is 0.556. The Hall–Kier alpha value is -3.46. The maximum atomic E-state index is 13.4. The molecule has 42 heavy (non-hydrogen) atoms. The Morgan fingerprint density at radius 2 is 1.90 bits per heavy atom. The Bertz CT molecular complexity index is 1580.